The van der Waals surface area contributed by atoms with E-state index in [0.29, 0.717) is 10.6 Å². The number of rotatable bonds is 5. The van der Waals surface area contributed by atoms with Crippen molar-refractivity contribution in [3.8, 4) is 0 Å². The van der Waals surface area contributed by atoms with Crippen LogP contribution in [0, 0.1) is 0 Å². The average Bonchev–Trinajstić information content (AvgIpc) is 3.17. The van der Waals surface area contributed by atoms with Crippen molar-refractivity contribution in [2.24, 2.45) is 12.8 Å². The second-order valence-corrected chi connectivity index (χ2v) is 8.61. The minimum Gasteiger partial charge on any atom is -0.365 e. The second-order valence-electron chi connectivity index (χ2n) is 6.56. The number of thiophene rings is 1. The number of aryl methyl sites for hydroxylation is 2. The van der Waals surface area contributed by atoms with Gasteiger partial charge >= 0.3 is 0 Å². The average molecular weight is 401 g/mol. The smallest absolute Gasteiger partial charge is 0.251 e. The third-order valence-corrected chi connectivity index (χ3v) is 6.99. The number of benzene rings is 1. The Bertz CT molecular complexity index is 1040. The number of hydrogen-bond acceptors (Lipinski definition) is 5. The lowest BCUT2D eigenvalue weighted by atomic mass is 9.95. The number of nitrogens with one attached hydrogen (secondary N) is 1. The summed E-state index contributed by atoms with van der Waals surface area (Å²) < 4.78 is 1.98. The molecule has 6 nitrogen and oxygen atoms in total. The van der Waals surface area contributed by atoms with Crippen LogP contribution in [-0.2, 0) is 24.7 Å². The lowest BCUT2D eigenvalue weighted by Gasteiger charge is -2.11. The zero-order chi connectivity index (χ0) is 19.0. The normalized spacial score (nSPS) is 13.5. The summed E-state index contributed by atoms with van der Waals surface area (Å²) in [6, 6.07) is 7.87. The van der Waals surface area contributed by atoms with Crippen LogP contribution < -0.4 is 11.1 Å². The highest BCUT2D eigenvalue weighted by atomic mass is 32.2. The van der Waals surface area contributed by atoms with Gasteiger partial charge in [0.1, 0.15) is 5.00 Å². The molecule has 0 radical (unpaired) electrons. The molecule has 3 N–H and O–H groups in total. The van der Waals surface area contributed by atoms with Crippen molar-refractivity contribution in [1.29, 1.82) is 0 Å². The maximum Gasteiger partial charge on any atom is 0.251 e. The Morgan fingerprint density at radius 2 is 2.07 bits per heavy atom. The Labute approximate surface area is 165 Å². The number of aromatic nitrogens is 2. The molecule has 0 fully saturated rings. The van der Waals surface area contributed by atoms with Crippen molar-refractivity contribution >= 4 is 50.9 Å². The first-order valence-electron chi connectivity index (χ1n) is 8.83. The Hall–Kier alpha value is -2.32. The van der Waals surface area contributed by atoms with Crippen molar-refractivity contribution < 1.29 is 9.59 Å². The highest BCUT2D eigenvalue weighted by molar-refractivity contribution is 7.99. The number of primary amides is 1. The van der Waals surface area contributed by atoms with Crippen LogP contribution in [0.1, 0.15) is 33.6 Å². The lowest BCUT2D eigenvalue weighted by molar-refractivity contribution is -0.113. The Kier molecular flexibility index (Phi) is 4.92. The predicted octanol–water partition coefficient (Wildman–Crippen LogP) is 3.34. The van der Waals surface area contributed by atoms with Gasteiger partial charge in [0.15, 0.2) is 5.16 Å². The highest BCUT2D eigenvalue weighted by Gasteiger charge is 2.25. The van der Waals surface area contributed by atoms with E-state index < -0.39 is 5.91 Å². The number of para-hydroxylation sites is 2. The van der Waals surface area contributed by atoms with Gasteiger partial charge in [0.2, 0.25) is 5.91 Å². The van der Waals surface area contributed by atoms with E-state index in [1.165, 1.54) is 28.0 Å². The molecule has 0 unspecified atom stereocenters. The summed E-state index contributed by atoms with van der Waals surface area (Å²) in [6.45, 7) is 0. The van der Waals surface area contributed by atoms with Crippen LogP contribution in [-0.4, -0.2) is 27.1 Å². The lowest BCUT2D eigenvalue weighted by Crippen LogP contribution is -2.19. The molecule has 0 aliphatic heterocycles. The number of nitrogens with zero attached hydrogens (tertiary/aromatic N) is 2. The first-order valence-corrected chi connectivity index (χ1v) is 10.6. The summed E-state index contributed by atoms with van der Waals surface area (Å²) in [5, 5.41) is 4.27. The van der Waals surface area contributed by atoms with E-state index in [4.69, 9.17) is 5.73 Å². The largest absolute Gasteiger partial charge is 0.365 e. The molecule has 27 heavy (non-hydrogen) atoms. The molecule has 1 aliphatic rings. The number of thioether (sulfide) groups is 1. The number of hydrogen-bond donors (Lipinski definition) is 2. The third kappa shape index (κ3) is 3.46. The van der Waals surface area contributed by atoms with Gasteiger partial charge in [-0.2, -0.15) is 0 Å². The molecule has 140 valence electrons. The van der Waals surface area contributed by atoms with E-state index in [0.717, 1.165) is 47.4 Å². The van der Waals surface area contributed by atoms with Crippen LogP contribution in [0.25, 0.3) is 11.0 Å². The number of carbonyl (C=O) groups is 2. The summed E-state index contributed by atoms with van der Waals surface area (Å²) in [5.41, 5.74) is 9.04. The predicted molar refractivity (Wildman–Crippen MR) is 110 cm³/mol. The molecule has 2 amide bonds. The summed E-state index contributed by atoms with van der Waals surface area (Å²) in [6.07, 6.45) is 3.97. The molecule has 2 heterocycles. The molecule has 0 saturated carbocycles. The van der Waals surface area contributed by atoms with Gasteiger partial charge in [0.25, 0.3) is 5.91 Å². The molecular formula is C19H20N4O2S2. The second kappa shape index (κ2) is 7.36. The van der Waals surface area contributed by atoms with Crippen LogP contribution in [0.2, 0.25) is 0 Å². The number of fused-ring (bicyclic) bond motifs is 2. The van der Waals surface area contributed by atoms with Crippen molar-refractivity contribution in [2.75, 3.05) is 11.1 Å². The number of imidazole rings is 1. The molecular weight excluding hydrogens is 380 g/mol. The van der Waals surface area contributed by atoms with Gasteiger partial charge in [-0.05, 0) is 43.4 Å². The molecule has 1 aliphatic carbocycles. The van der Waals surface area contributed by atoms with Gasteiger partial charge in [0, 0.05) is 11.9 Å². The summed E-state index contributed by atoms with van der Waals surface area (Å²) in [7, 11) is 1.94. The van der Waals surface area contributed by atoms with E-state index >= 15 is 0 Å². The topological polar surface area (TPSA) is 90.0 Å². The molecule has 2 aromatic heterocycles. The van der Waals surface area contributed by atoms with Gasteiger partial charge in [-0.1, -0.05) is 23.9 Å². The number of nitrogens with two attached hydrogens (primary N) is 1. The van der Waals surface area contributed by atoms with Crippen molar-refractivity contribution in [1.82, 2.24) is 9.55 Å². The monoisotopic (exact) mass is 400 g/mol. The molecule has 3 aromatic rings. The summed E-state index contributed by atoms with van der Waals surface area (Å²) >= 11 is 2.86. The van der Waals surface area contributed by atoms with Crippen molar-refractivity contribution in [2.45, 2.75) is 30.8 Å². The Morgan fingerprint density at radius 1 is 1.30 bits per heavy atom. The SMILES string of the molecule is Cn1c(SCC(=O)Nc2sc3c(c2C(N)=O)CCCC3)nc2ccccc21. The quantitative estimate of drug-likeness (QED) is 0.643. The molecule has 4 rings (SSSR count). The minimum atomic E-state index is -0.465. The molecule has 0 bridgehead atoms. The molecule has 1 aromatic carbocycles. The fraction of sp³-hybridized carbons (Fsp3) is 0.316. The standard InChI is InChI=1S/C19H20N4O2S2/c1-23-13-8-4-3-7-12(13)21-19(23)26-10-15(24)22-18-16(17(20)25)11-6-2-5-9-14(11)27-18/h3-4,7-8H,2,5-6,9-10H2,1H3,(H2,20,25)(H,22,24). The number of anilines is 1. The van der Waals surface area contributed by atoms with Gasteiger partial charge in [-0.25, -0.2) is 4.98 Å². The fourth-order valence-corrected chi connectivity index (χ4v) is 5.56. The van der Waals surface area contributed by atoms with Crippen molar-refractivity contribution in [3.63, 3.8) is 0 Å². The Balaban J connectivity index is 1.49. The van der Waals surface area contributed by atoms with Gasteiger partial charge < -0.3 is 15.6 Å². The fourth-order valence-electron chi connectivity index (χ4n) is 3.46. The highest BCUT2D eigenvalue weighted by Crippen LogP contribution is 2.38. The first kappa shape index (κ1) is 18.1. The van der Waals surface area contributed by atoms with Gasteiger partial charge in [-0.3, -0.25) is 9.59 Å². The maximum atomic E-state index is 12.5. The first-order chi connectivity index (χ1) is 13.0. The minimum absolute atomic E-state index is 0.159. The van der Waals surface area contributed by atoms with Gasteiger partial charge in [0.05, 0.1) is 22.3 Å². The maximum absolute atomic E-state index is 12.5. The van der Waals surface area contributed by atoms with E-state index in [2.05, 4.69) is 10.3 Å². The summed E-state index contributed by atoms with van der Waals surface area (Å²) in [4.78, 5) is 30.1. The van der Waals surface area contributed by atoms with Crippen LogP contribution in [0.3, 0.4) is 0 Å². The summed E-state index contributed by atoms with van der Waals surface area (Å²) in [5.74, 6) is -0.404. The zero-order valence-electron chi connectivity index (χ0n) is 14.9. The number of carbonyl (C=O) groups excluding carboxylic acids is 2. The van der Waals surface area contributed by atoms with Crippen LogP contribution in [0.5, 0.6) is 0 Å². The third-order valence-electron chi connectivity index (χ3n) is 4.75. The zero-order valence-corrected chi connectivity index (χ0v) is 16.6. The van der Waals surface area contributed by atoms with E-state index in [1.54, 1.807) is 0 Å². The number of amides is 2. The van der Waals surface area contributed by atoms with Crippen LogP contribution in [0.4, 0.5) is 5.00 Å². The van der Waals surface area contributed by atoms with Crippen LogP contribution in [0.15, 0.2) is 29.4 Å². The van der Waals surface area contributed by atoms with Gasteiger partial charge in [-0.15, -0.1) is 11.3 Å². The molecule has 8 heteroatoms. The Morgan fingerprint density at radius 3 is 2.85 bits per heavy atom. The van der Waals surface area contributed by atoms with E-state index in [-0.39, 0.29) is 11.7 Å². The van der Waals surface area contributed by atoms with Crippen LogP contribution >= 0.6 is 23.1 Å². The molecule has 0 saturated heterocycles. The van der Waals surface area contributed by atoms with E-state index in [9.17, 15) is 9.59 Å². The molecule has 0 spiro atoms. The van der Waals surface area contributed by atoms with E-state index in [1.807, 2.05) is 35.9 Å². The van der Waals surface area contributed by atoms with Crippen molar-refractivity contribution in [3.05, 3.63) is 40.3 Å². The molecule has 0 atom stereocenters.